The minimum absolute atomic E-state index is 0.100. The Balaban J connectivity index is 1.42. The number of rotatable bonds is 4. The Kier molecular flexibility index (Phi) is 5.65. The largest absolute Gasteiger partial charge is 0.417 e. The fourth-order valence-corrected chi connectivity index (χ4v) is 3.87. The molecule has 0 spiro atoms. The Morgan fingerprint density at radius 1 is 1.13 bits per heavy atom. The average molecular weight is 426 g/mol. The molecule has 1 saturated heterocycles. The van der Waals surface area contributed by atoms with E-state index in [1.54, 1.807) is 12.1 Å². The van der Waals surface area contributed by atoms with Gasteiger partial charge in [-0.1, -0.05) is 12.1 Å². The first kappa shape index (κ1) is 20.9. The Morgan fingerprint density at radius 2 is 1.90 bits per heavy atom. The second-order valence-corrected chi connectivity index (χ2v) is 7.64. The first-order valence-electron chi connectivity index (χ1n) is 9.90. The van der Waals surface area contributed by atoms with Gasteiger partial charge in [0.25, 0.3) is 0 Å². The maximum atomic E-state index is 12.8. The van der Waals surface area contributed by atoms with Crippen molar-refractivity contribution in [2.75, 3.05) is 24.5 Å². The molecule has 6 nitrogen and oxygen atoms in total. The lowest BCUT2D eigenvalue weighted by molar-refractivity contribution is -0.137. The summed E-state index contributed by atoms with van der Waals surface area (Å²) in [6, 6.07) is 12.1. The molecule has 0 bridgehead atoms. The summed E-state index contributed by atoms with van der Waals surface area (Å²) in [4.78, 5) is 8.37. The predicted molar refractivity (Wildman–Crippen MR) is 110 cm³/mol. The van der Waals surface area contributed by atoms with Gasteiger partial charge in [-0.3, -0.25) is 10.00 Å². The highest BCUT2D eigenvalue weighted by molar-refractivity contribution is 5.63. The van der Waals surface area contributed by atoms with Crippen LogP contribution in [0.15, 0.2) is 48.8 Å². The highest BCUT2D eigenvalue weighted by atomic mass is 19.4. The molecule has 0 unspecified atom stereocenters. The first-order chi connectivity index (χ1) is 14.8. The van der Waals surface area contributed by atoms with Crippen LogP contribution in [-0.4, -0.2) is 45.8 Å². The van der Waals surface area contributed by atoms with Crippen molar-refractivity contribution < 1.29 is 13.2 Å². The Morgan fingerprint density at radius 3 is 2.52 bits per heavy atom. The van der Waals surface area contributed by atoms with Crippen molar-refractivity contribution in [1.29, 1.82) is 5.26 Å². The van der Waals surface area contributed by atoms with Gasteiger partial charge in [0.1, 0.15) is 5.82 Å². The summed E-state index contributed by atoms with van der Waals surface area (Å²) in [5.74, 6) is 0.557. The third-order valence-electron chi connectivity index (χ3n) is 5.50. The number of pyridine rings is 1. The summed E-state index contributed by atoms with van der Waals surface area (Å²) < 4.78 is 38.3. The van der Waals surface area contributed by atoms with E-state index in [-0.39, 0.29) is 6.04 Å². The van der Waals surface area contributed by atoms with E-state index < -0.39 is 11.7 Å². The fourth-order valence-electron chi connectivity index (χ4n) is 3.87. The molecule has 0 amide bonds. The van der Waals surface area contributed by atoms with Gasteiger partial charge in [-0.25, -0.2) is 4.98 Å². The number of H-pyrrole nitrogens is 1. The highest BCUT2D eigenvalue weighted by Gasteiger charge is 2.31. The van der Waals surface area contributed by atoms with Crippen molar-refractivity contribution in [2.45, 2.75) is 25.7 Å². The molecule has 1 aliphatic heterocycles. The van der Waals surface area contributed by atoms with Crippen molar-refractivity contribution in [3.05, 3.63) is 65.5 Å². The van der Waals surface area contributed by atoms with E-state index in [2.05, 4.69) is 26.2 Å². The summed E-state index contributed by atoms with van der Waals surface area (Å²) in [6.07, 6.45) is -1.68. The number of nitrogens with zero attached hydrogens (tertiary/aromatic N) is 5. The average Bonchev–Trinajstić information content (AvgIpc) is 3.21. The fraction of sp³-hybridized carbons (Fsp3) is 0.318. The van der Waals surface area contributed by atoms with Gasteiger partial charge in [0.15, 0.2) is 0 Å². The van der Waals surface area contributed by atoms with E-state index >= 15 is 0 Å². The number of anilines is 1. The van der Waals surface area contributed by atoms with E-state index in [4.69, 9.17) is 5.26 Å². The smallest absolute Gasteiger partial charge is 0.351 e. The molecule has 31 heavy (non-hydrogen) atoms. The van der Waals surface area contributed by atoms with Crippen LogP contribution in [0.25, 0.3) is 11.3 Å². The quantitative estimate of drug-likeness (QED) is 0.681. The molecule has 160 valence electrons. The second-order valence-electron chi connectivity index (χ2n) is 7.64. The van der Waals surface area contributed by atoms with E-state index in [1.807, 2.05) is 30.2 Å². The second kappa shape index (κ2) is 8.40. The first-order valence-corrected chi connectivity index (χ1v) is 9.90. The zero-order valence-electron chi connectivity index (χ0n) is 16.9. The molecule has 0 radical (unpaired) electrons. The maximum Gasteiger partial charge on any atom is 0.417 e. The molecule has 1 aliphatic rings. The number of benzene rings is 1. The van der Waals surface area contributed by atoms with Gasteiger partial charge in [0.05, 0.1) is 29.1 Å². The van der Waals surface area contributed by atoms with Crippen LogP contribution >= 0.6 is 0 Å². The molecule has 1 fully saturated rings. The van der Waals surface area contributed by atoms with E-state index in [1.165, 1.54) is 6.07 Å². The molecule has 3 heterocycles. The lowest BCUT2D eigenvalue weighted by Crippen LogP contribution is -2.51. The van der Waals surface area contributed by atoms with Crippen molar-refractivity contribution >= 4 is 5.82 Å². The summed E-state index contributed by atoms with van der Waals surface area (Å²) in [5, 5.41) is 16.2. The molecular formula is C22H21F3N6. The van der Waals surface area contributed by atoms with Gasteiger partial charge in [0, 0.05) is 44.0 Å². The van der Waals surface area contributed by atoms with Crippen molar-refractivity contribution in [3.8, 4) is 17.3 Å². The number of aromatic amines is 1. The molecule has 4 rings (SSSR count). The van der Waals surface area contributed by atoms with E-state index in [0.717, 1.165) is 42.2 Å². The summed E-state index contributed by atoms with van der Waals surface area (Å²) in [6.45, 7) is 4.92. The van der Waals surface area contributed by atoms with Crippen molar-refractivity contribution in [1.82, 2.24) is 20.1 Å². The molecule has 1 aromatic carbocycles. The molecule has 0 aliphatic carbocycles. The number of alkyl halides is 3. The molecule has 0 saturated carbocycles. The minimum Gasteiger partial charge on any atom is -0.351 e. The lowest BCUT2D eigenvalue weighted by Gasteiger charge is -2.40. The van der Waals surface area contributed by atoms with Crippen LogP contribution in [0.3, 0.4) is 0 Å². The zero-order valence-corrected chi connectivity index (χ0v) is 16.9. The maximum absolute atomic E-state index is 12.8. The molecule has 1 N–H and O–H groups in total. The number of hydrogen-bond acceptors (Lipinski definition) is 5. The number of piperazine rings is 1. The summed E-state index contributed by atoms with van der Waals surface area (Å²) in [7, 11) is 0. The van der Waals surface area contributed by atoms with Crippen LogP contribution < -0.4 is 4.90 Å². The Hall–Kier alpha value is -3.38. The SMILES string of the molecule is C[C@H]1CN(Cc2cn[nH]c2-c2ccc(C#N)cc2)CCN1c1ccc(C(F)(F)F)cn1. The monoisotopic (exact) mass is 426 g/mol. The van der Waals surface area contributed by atoms with Crippen LogP contribution in [-0.2, 0) is 12.7 Å². The van der Waals surface area contributed by atoms with Gasteiger partial charge < -0.3 is 4.90 Å². The number of nitrogens with one attached hydrogen (secondary N) is 1. The Bertz CT molecular complexity index is 1070. The van der Waals surface area contributed by atoms with Gasteiger partial charge in [-0.05, 0) is 36.8 Å². The topological polar surface area (TPSA) is 71.8 Å². The third-order valence-corrected chi connectivity index (χ3v) is 5.50. The van der Waals surface area contributed by atoms with Crippen LogP contribution in [0.1, 0.15) is 23.6 Å². The van der Waals surface area contributed by atoms with E-state index in [0.29, 0.717) is 24.5 Å². The van der Waals surface area contributed by atoms with Crippen molar-refractivity contribution in [3.63, 3.8) is 0 Å². The van der Waals surface area contributed by atoms with Gasteiger partial charge in [-0.2, -0.15) is 23.5 Å². The number of hydrogen-bond donors (Lipinski definition) is 1. The van der Waals surface area contributed by atoms with Gasteiger partial charge in [0.2, 0.25) is 0 Å². The predicted octanol–water partition coefficient (Wildman–Crippen LogP) is 4.07. The molecule has 9 heteroatoms. The standard InChI is InChI=1S/C22H21F3N6/c1-15-13-30(8-9-31(15)20-7-6-19(12-27-20)22(23,24)25)14-18-11-28-29-21(18)17-4-2-16(10-26)3-5-17/h2-7,11-12,15H,8-9,13-14H2,1H3,(H,28,29)/t15-/m0/s1. The molecule has 2 aromatic heterocycles. The molecule has 3 aromatic rings. The highest BCUT2D eigenvalue weighted by Crippen LogP contribution is 2.30. The van der Waals surface area contributed by atoms with Crippen LogP contribution in [0, 0.1) is 11.3 Å². The van der Waals surface area contributed by atoms with Crippen molar-refractivity contribution in [2.24, 2.45) is 0 Å². The summed E-state index contributed by atoms with van der Waals surface area (Å²) in [5.41, 5.74) is 2.80. The van der Waals surface area contributed by atoms with E-state index in [9.17, 15) is 13.2 Å². The molecular weight excluding hydrogens is 405 g/mol. The van der Waals surface area contributed by atoms with Gasteiger partial charge in [-0.15, -0.1) is 0 Å². The zero-order chi connectivity index (χ0) is 22.0. The van der Waals surface area contributed by atoms with Gasteiger partial charge >= 0.3 is 6.18 Å². The third kappa shape index (κ3) is 4.54. The van der Waals surface area contributed by atoms with Crippen LogP contribution in [0.4, 0.5) is 19.0 Å². The Labute approximate surface area is 177 Å². The number of nitriles is 1. The number of aromatic nitrogens is 3. The minimum atomic E-state index is -4.38. The van der Waals surface area contributed by atoms with Crippen LogP contribution in [0.5, 0.6) is 0 Å². The summed E-state index contributed by atoms with van der Waals surface area (Å²) >= 11 is 0. The normalized spacial score (nSPS) is 17.5. The number of halogens is 3. The lowest BCUT2D eigenvalue weighted by atomic mass is 10.1. The molecule has 1 atom stereocenters. The van der Waals surface area contributed by atoms with Crippen LogP contribution in [0.2, 0.25) is 0 Å².